The zero-order chi connectivity index (χ0) is 14.9. The second kappa shape index (κ2) is 5.66. The van der Waals surface area contributed by atoms with Crippen LogP contribution in [-0.4, -0.2) is 47.2 Å². The SMILES string of the molecule is Cc1coc(CC(=O)O)c1C(=O)N1CC(C)OCC1C. The summed E-state index contributed by atoms with van der Waals surface area (Å²) in [4.78, 5) is 25.2. The first kappa shape index (κ1) is 14.6. The molecule has 1 fully saturated rings. The largest absolute Gasteiger partial charge is 0.481 e. The number of furan rings is 1. The van der Waals surface area contributed by atoms with Gasteiger partial charge in [-0.05, 0) is 20.8 Å². The predicted molar refractivity (Wildman–Crippen MR) is 70.7 cm³/mol. The van der Waals surface area contributed by atoms with Gasteiger partial charge in [0, 0.05) is 12.1 Å². The molecule has 1 aliphatic heterocycles. The third-order valence-corrected chi connectivity index (χ3v) is 3.45. The minimum Gasteiger partial charge on any atom is -0.481 e. The molecule has 0 aliphatic carbocycles. The zero-order valence-corrected chi connectivity index (χ0v) is 11.9. The summed E-state index contributed by atoms with van der Waals surface area (Å²) in [7, 11) is 0. The van der Waals surface area contributed by atoms with Gasteiger partial charge in [0.15, 0.2) is 0 Å². The van der Waals surface area contributed by atoms with Gasteiger partial charge in [0.25, 0.3) is 5.91 Å². The molecule has 20 heavy (non-hydrogen) atoms. The molecule has 1 aliphatic rings. The van der Waals surface area contributed by atoms with E-state index in [4.69, 9.17) is 14.3 Å². The van der Waals surface area contributed by atoms with E-state index in [0.717, 1.165) is 0 Å². The Labute approximate surface area is 117 Å². The van der Waals surface area contributed by atoms with Gasteiger partial charge in [-0.1, -0.05) is 0 Å². The highest BCUT2D eigenvalue weighted by molar-refractivity contribution is 5.97. The van der Waals surface area contributed by atoms with Crippen LogP contribution in [0.4, 0.5) is 0 Å². The third-order valence-electron chi connectivity index (χ3n) is 3.45. The lowest BCUT2D eigenvalue weighted by molar-refractivity contribution is -0.136. The number of aryl methyl sites for hydroxylation is 1. The van der Waals surface area contributed by atoms with Crippen LogP contribution in [0.15, 0.2) is 10.7 Å². The van der Waals surface area contributed by atoms with E-state index in [0.29, 0.717) is 24.3 Å². The highest BCUT2D eigenvalue weighted by Crippen LogP contribution is 2.22. The molecule has 1 aromatic rings. The maximum atomic E-state index is 12.7. The molecule has 6 nitrogen and oxygen atoms in total. The molecule has 2 unspecified atom stereocenters. The molecule has 1 saturated heterocycles. The topological polar surface area (TPSA) is 80.0 Å². The number of nitrogens with zero attached hydrogens (tertiary/aromatic N) is 1. The molecule has 2 rings (SSSR count). The Morgan fingerprint density at radius 2 is 2.15 bits per heavy atom. The fourth-order valence-corrected chi connectivity index (χ4v) is 2.38. The first-order chi connectivity index (χ1) is 9.40. The van der Waals surface area contributed by atoms with Gasteiger partial charge in [-0.25, -0.2) is 0 Å². The number of ether oxygens (including phenoxy) is 1. The normalized spacial score (nSPS) is 22.9. The molecule has 0 saturated carbocycles. The molecule has 0 spiro atoms. The number of carboxylic acids is 1. The monoisotopic (exact) mass is 281 g/mol. The van der Waals surface area contributed by atoms with Gasteiger partial charge < -0.3 is 19.2 Å². The molecule has 6 heteroatoms. The average Bonchev–Trinajstić information content (AvgIpc) is 2.72. The fourth-order valence-electron chi connectivity index (χ4n) is 2.38. The molecule has 1 amide bonds. The molecule has 110 valence electrons. The van der Waals surface area contributed by atoms with Crippen molar-refractivity contribution in [3.63, 3.8) is 0 Å². The van der Waals surface area contributed by atoms with Crippen molar-refractivity contribution in [2.75, 3.05) is 13.2 Å². The molecule has 1 aromatic heterocycles. The van der Waals surface area contributed by atoms with Gasteiger partial charge in [0.2, 0.25) is 0 Å². The number of hydrogen-bond donors (Lipinski definition) is 1. The lowest BCUT2D eigenvalue weighted by Gasteiger charge is -2.36. The number of carbonyl (C=O) groups is 2. The number of amides is 1. The lowest BCUT2D eigenvalue weighted by Crippen LogP contribution is -2.50. The number of aliphatic carboxylic acids is 1. The molecule has 2 atom stereocenters. The summed E-state index contributed by atoms with van der Waals surface area (Å²) in [6.07, 6.45) is 1.12. The van der Waals surface area contributed by atoms with Crippen molar-refractivity contribution in [1.29, 1.82) is 0 Å². The molecular formula is C14H19NO5. The van der Waals surface area contributed by atoms with Gasteiger partial charge in [0.05, 0.1) is 30.6 Å². The van der Waals surface area contributed by atoms with Crippen LogP contribution < -0.4 is 0 Å². The van der Waals surface area contributed by atoms with Crippen molar-refractivity contribution in [1.82, 2.24) is 4.90 Å². The highest BCUT2D eigenvalue weighted by atomic mass is 16.5. The standard InChI is InChI=1S/C14H19NO5/c1-8-6-20-11(4-12(16)17)13(8)14(18)15-5-10(3)19-7-9(15)2/h6,9-10H,4-5,7H2,1-3H3,(H,16,17). The second-order valence-electron chi connectivity index (χ2n) is 5.24. The fraction of sp³-hybridized carbons (Fsp3) is 0.571. The molecule has 0 bridgehead atoms. The molecular weight excluding hydrogens is 262 g/mol. The Morgan fingerprint density at radius 3 is 2.80 bits per heavy atom. The Bertz CT molecular complexity index is 522. The number of carboxylic acid groups (broad SMARTS) is 1. The second-order valence-corrected chi connectivity index (χ2v) is 5.24. The van der Waals surface area contributed by atoms with Crippen LogP contribution >= 0.6 is 0 Å². The van der Waals surface area contributed by atoms with Gasteiger partial charge in [-0.2, -0.15) is 0 Å². The summed E-state index contributed by atoms with van der Waals surface area (Å²) < 4.78 is 10.7. The van der Waals surface area contributed by atoms with E-state index in [2.05, 4.69) is 0 Å². The van der Waals surface area contributed by atoms with E-state index >= 15 is 0 Å². The minimum atomic E-state index is -1.02. The first-order valence-corrected chi connectivity index (χ1v) is 6.61. The van der Waals surface area contributed by atoms with Gasteiger partial charge >= 0.3 is 5.97 Å². The van der Waals surface area contributed by atoms with Crippen LogP contribution in [0, 0.1) is 6.92 Å². The van der Waals surface area contributed by atoms with Gasteiger partial charge in [0.1, 0.15) is 12.2 Å². The summed E-state index contributed by atoms with van der Waals surface area (Å²) in [5.41, 5.74) is 1.03. The van der Waals surface area contributed by atoms with Crippen molar-refractivity contribution in [2.24, 2.45) is 0 Å². The van der Waals surface area contributed by atoms with Crippen LogP contribution in [0.5, 0.6) is 0 Å². The van der Waals surface area contributed by atoms with Gasteiger partial charge in [-0.15, -0.1) is 0 Å². The van der Waals surface area contributed by atoms with Gasteiger partial charge in [-0.3, -0.25) is 9.59 Å². The summed E-state index contributed by atoms with van der Waals surface area (Å²) in [5, 5.41) is 8.88. The third kappa shape index (κ3) is 2.85. The number of carbonyl (C=O) groups excluding carboxylic acids is 1. The molecule has 2 heterocycles. The Hall–Kier alpha value is -1.82. The number of hydrogen-bond acceptors (Lipinski definition) is 4. The van der Waals surface area contributed by atoms with Crippen LogP contribution in [0.3, 0.4) is 0 Å². The van der Waals surface area contributed by atoms with E-state index in [1.165, 1.54) is 6.26 Å². The van der Waals surface area contributed by atoms with Crippen LogP contribution in [-0.2, 0) is 16.0 Å². The van der Waals surface area contributed by atoms with Crippen molar-refractivity contribution in [3.8, 4) is 0 Å². The van der Waals surface area contributed by atoms with Crippen molar-refractivity contribution in [3.05, 3.63) is 23.2 Å². The lowest BCUT2D eigenvalue weighted by atomic mass is 10.1. The summed E-state index contributed by atoms with van der Waals surface area (Å²) in [6, 6.07) is -0.0364. The van der Waals surface area contributed by atoms with E-state index < -0.39 is 5.97 Å². The first-order valence-electron chi connectivity index (χ1n) is 6.61. The maximum Gasteiger partial charge on any atom is 0.311 e. The van der Waals surface area contributed by atoms with E-state index in [-0.39, 0.29) is 30.2 Å². The maximum absolute atomic E-state index is 12.7. The quantitative estimate of drug-likeness (QED) is 0.907. The number of rotatable bonds is 3. The smallest absolute Gasteiger partial charge is 0.311 e. The van der Waals surface area contributed by atoms with Crippen molar-refractivity contribution < 1.29 is 23.8 Å². The van der Waals surface area contributed by atoms with E-state index in [9.17, 15) is 9.59 Å². The Kier molecular flexibility index (Phi) is 4.13. The number of morpholine rings is 1. The molecule has 1 N–H and O–H groups in total. The van der Waals surface area contributed by atoms with E-state index in [1.807, 2.05) is 13.8 Å². The van der Waals surface area contributed by atoms with Crippen LogP contribution in [0.25, 0.3) is 0 Å². The van der Waals surface area contributed by atoms with E-state index in [1.54, 1.807) is 11.8 Å². The van der Waals surface area contributed by atoms with Crippen LogP contribution in [0.2, 0.25) is 0 Å². The van der Waals surface area contributed by atoms with Crippen molar-refractivity contribution >= 4 is 11.9 Å². The molecule has 0 aromatic carbocycles. The molecule has 0 radical (unpaired) electrons. The predicted octanol–water partition coefficient (Wildman–Crippen LogP) is 1.46. The van der Waals surface area contributed by atoms with Crippen molar-refractivity contribution in [2.45, 2.75) is 39.3 Å². The Balaban J connectivity index is 2.28. The average molecular weight is 281 g/mol. The highest BCUT2D eigenvalue weighted by Gasteiger charge is 2.31. The Morgan fingerprint density at radius 1 is 1.45 bits per heavy atom. The zero-order valence-electron chi connectivity index (χ0n) is 11.9. The summed E-state index contributed by atoms with van der Waals surface area (Å²) in [5.74, 6) is -0.988. The summed E-state index contributed by atoms with van der Waals surface area (Å²) in [6.45, 7) is 6.55. The summed E-state index contributed by atoms with van der Waals surface area (Å²) >= 11 is 0. The minimum absolute atomic E-state index is 0.0229. The van der Waals surface area contributed by atoms with Crippen LogP contribution in [0.1, 0.15) is 35.5 Å².